The molecule has 7 nitrogen and oxygen atoms in total. The van der Waals surface area contributed by atoms with Gasteiger partial charge in [-0.3, -0.25) is 14.6 Å². The highest BCUT2D eigenvalue weighted by molar-refractivity contribution is 5.76. The van der Waals surface area contributed by atoms with Crippen LogP contribution in [0.3, 0.4) is 0 Å². The van der Waals surface area contributed by atoms with Crippen LogP contribution in [0.2, 0.25) is 0 Å². The number of fused-ring (bicyclic) bond motifs is 1. The predicted octanol–water partition coefficient (Wildman–Crippen LogP) is -0.742. The first kappa shape index (κ1) is 11.1. The number of aromatic amines is 1. The molecule has 2 heterocycles. The molecule has 0 amide bonds. The van der Waals surface area contributed by atoms with Gasteiger partial charge in [0, 0.05) is 6.20 Å². The number of aromatic nitrogens is 3. The monoisotopic (exact) mass is 235 g/mol. The highest BCUT2D eigenvalue weighted by Gasteiger charge is 2.10. The van der Waals surface area contributed by atoms with Crippen LogP contribution in [0.5, 0.6) is 0 Å². The standard InChI is InChI=1S/C10H9N3O4/c1-17-8(14)5-13-9(15)6-2-3-11-4-7(6)12-10(13)16/h2-4H,5H2,1H3,(H,12,16). The first-order valence-corrected chi connectivity index (χ1v) is 4.77. The van der Waals surface area contributed by atoms with Crippen LogP contribution in [0, 0.1) is 0 Å². The summed E-state index contributed by atoms with van der Waals surface area (Å²) < 4.78 is 5.20. The van der Waals surface area contributed by atoms with Gasteiger partial charge in [0.2, 0.25) is 0 Å². The van der Waals surface area contributed by atoms with Crippen molar-refractivity contribution in [2.45, 2.75) is 6.54 Å². The predicted molar refractivity (Wildman–Crippen MR) is 58.6 cm³/mol. The summed E-state index contributed by atoms with van der Waals surface area (Å²) in [5.41, 5.74) is -0.874. The number of H-pyrrole nitrogens is 1. The zero-order valence-corrected chi connectivity index (χ0v) is 8.97. The van der Waals surface area contributed by atoms with E-state index in [9.17, 15) is 14.4 Å². The molecule has 1 N–H and O–H groups in total. The second-order valence-electron chi connectivity index (χ2n) is 3.32. The summed E-state index contributed by atoms with van der Waals surface area (Å²) in [5, 5.41) is 0.295. The van der Waals surface area contributed by atoms with Gasteiger partial charge in [0.05, 0.1) is 24.2 Å². The largest absolute Gasteiger partial charge is 0.468 e. The minimum absolute atomic E-state index is 0.295. The Labute approximate surface area is 94.7 Å². The lowest BCUT2D eigenvalue weighted by Crippen LogP contribution is -2.37. The molecule has 2 aromatic rings. The van der Waals surface area contributed by atoms with Gasteiger partial charge in [-0.1, -0.05) is 0 Å². The number of hydrogen-bond acceptors (Lipinski definition) is 5. The first-order chi connectivity index (χ1) is 8.13. The van der Waals surface area contributed by atoms with Gasteiger partial charge in [-0.2, -0.15) is 0 Å². The van der Waals surface area contributed by atoms with Crippen molar-refractivity contribution in [1.29, 1.82) is 0 Å². The average molecular weight is 235 g/mol. The molecular weight excluding hydrogens is 226 g/mol. The van der Waals surface area contributed by atoms with Crippen LogP contribution in [0.15, 0.2) is 28.0 Å². The Hall–Kier alpha value is -2.44. The maximum atomic E-state index is 11.9. The summed E-state index contributed by atoms with van der Waals surface area (Å²) in [6, 6.07) is 1.47. The lowest BCUT2D eigenvalue weighted by molar-refractivity contribution is -0.141. The van der Waals surface area contributed by atoms with Crippen molar-refractivity contribution >= 4 is 16.9 Å². The Morgan fingerprint density at radius 1 is 1.53 bits per heavy atom. The summed E-state index contributed by atoms with van der Waals surface area (Å²) in [5.74, 6) is -0.661. The van der Waals surface area contributed by atoms with Crippen molar-refractivity contribution in [3.05, 3.63) is 39.3 Å². The number of esters is 1. The minimum Gasteiger partial charge on any atom is -0.468 e. The second-order valence-corrected chi connectivity index (χ2v) is 3.32. The van der Waals surface area contributed by atoms with Crippen LogP contribution in [-0.2, 0) is 16.1 Å². The van der Waals surface area contributed by atoms with Crippen molar-refractivity contribution in [2.75, 3.05) is 7.11 Å². The molecule has 0 aliphatic carbocycles. The summed E-state index contributed by atoms with van der Waals surface area (Å²) in [6.45, 7) is -0.414. The topological polar surface area (TPSA) is 94.1 Å². The van der Waals surface area contributed by atoms with Gasteiger partial charge < -0.3 is 9.72 Å². The number of carbonyl (C=O) groups excluding carboxylic acids is 1. The number of nitrogens with zero attached hydrogens (tertiary/aromatic N) is 2. The Morgan fingerprint density at radius 3 is 3.00 bits per heavy atom. The molecule has 0 bridgehead atoms. The molecule has 17 heavy (non-hydrogen) atoms. The fraction of sp³-hybridized carbons (Fsp3) is 0.200. The fourth-order valence-electron chi connectivity index (χ4n) is 1.44. The molecule has 0 radical (unpaired) electrons. The van der Waals surface area contributed by atoms with E-state index >= 15 is 0 Å². The van der Waals surface area contributed by atoms with E-state index in [2.05, 4.69) is 14.7 Å². The minimum atomic E-state index is -0.666. The Morgan fingerprint density at radius 2 is 2.29 bits per heavy atom. The number of carbonyl (C=O) groups is 1. The van der Waals surface area contributed by atoms with Gasteiger partial charge in [-0.15, -0.1) is 0 Å². The quantitative estimate of drug-likeness (QED) is 0.692. The zero-order valence-electron chi connectivity index (χ0n) is 8.97. The number of methoxy groups -OCH3 is 1. The fourth-order valence-corrected chi connectivity index (χ4v) is 1.44. The molecule has 7 heteroatoms. The number of hydrogen-bond donors (Lipinski definition) is 1. The SMILES string of the molecule is COC(=O)Cn1c(=O)[nH]c2cnccc2c1=O. The van der Waals surface area contributed by atoms with Gasteiger partial charge in [0.15, 0.2) is 0 Å². The van der Waals surface area contributed by atoms with Gasteiger partial charge in [-0.25, -0.2) is 9.36 Å². The molecule has 0 saturated carbocycles. The molecule has 0 aromatic carbocycles. The first-order valence-electron chi connectivity index (χ1n) is 4.77. The molecule has 0 fully saturated rings. The van der Waals surface area contributed by atoms with Gasteiger partial charge >= 0.3 is 11.7 Å². The molecule has 0 atom stereocenters. The van der Waals surface area contributed by atoms with Crippen LogP contribution >= 0.6 is 0 Å². The van der Waals surface area contributed by atoms with E-state index in [0.29, 0.717) is 10.9 Å². The van der Waals surface area contributed by atoms with Crippen molar-refractivity contribution in [3.8, 4) is 0 Å². The lowest BCUT2D eigenvalue weighted by atomic mass is 10.3. The molecule has 2 rings (SSSR count). The van der Waals surface area contributed by atoms with Gasteiger partial charge in [-0.05, 0) is 6.07 Å². The smallest absolute Gasteiger partial charge is 0.329 e. The van der Waals surface area contributed by atoms with Gasteiger partial charge in [0.25, 0.3) is 5.56 Å². The van der Waals surface area contributed by atoms with E-state index in [1.807, 2.05) is 0 Å². The highest BCUT2D eigenvalue weighted by Crippen LogP contribution is 2.00. The van der Waals surface area contributed by atoms with Crippen molar-refractivity contribution in [2.24, 2.45) is 0 Å². The van der Waals surface area contributed by atoms with E-state index in [1.165, 1.54) is 25.6 Å². The second kappa shape index (κ2) is 4.20. The van der Waals surface area contributed by atoms with E-state index in [4.69, 9.17) is 0 Å². The van der Waals surface area contributed by atoms with Crippen LogP contribution in [0.1, 0.15) is 0 Å². The molecule has 0 spiro atoms. The summed E-state index contributed by atoms with van der Waals surface area (Å²) in [7, 11) is 1.19. The van der Waals surface area contributed by atoms with E-state index in [0.717, 1.165) is 4.57 Å². The zero-order chi connectivity index (χ0) is 12.4. The third kappa shape index (κ3) is 1.94. The molecule has 0 aliphatic heterocycles. The number of pyridine rings is 1. The summed E-state index contributed by atoms with van der Waals surface area (Å²) in [6.07, 6.45) is 2.81. The van der Waals surface area contributed by atoms with Crippen LogP contribution in [0.25, 0.3) is 10.9 Å². The van der Waals surface area contributed by atoms with Crippen LogP contribution in [0.4, 0.5) is 0 Å². The highest BCUT2D eigenvalue weighted by atomic mass is 16.5. The maximum Gasteiger partial charge on any atom is 0.329 e. The summed E-state index contributed by atoms with van der Waals surface area (Å²) in [4.78, 5) is 40.8. The Balaban J connectivity index is 2.68. The maximum absolute atomic E-state index is 11.9. The third-order valence-electron chi connectivity index (χ3n) is 2.30. The Kier molecular flexibility index (Phi) is 2.73. The van der Waals surface area contributed by atoms with Crippen molar-refractivity contribution in [3.63, 3.8) is 0 Å². The number of rotatable bonds is 2. The molecule has 0 unspecified atom stereocenters. The average Bonchev–Trinajstić information content (AvgIpc) is 2.34. The van der Waals surface area contributed by atoms with E-state index in [-0.39, 0.29) is 0 Å². The van der Waals surface area contributed by atoms with Crippen LogP contribution in [-0.4, -0.2) is 27.6 Å². The Bertz CT molecular complexity index is 686. The van der Waals surface area contributed by atoms with E-state index in [1.54, 1.807) is 0 Å². The molecule has 88 valence electrons. The number of ether oxygens (including phenoxy) is 1. The molecule has 0 aliphatic rings. The van der Waals surface area contributed by atoms with Crippen LogP contribution < -0.4 is 11.2 Å². The van der Waals surface area contributed by atoms with E-state index < -0.39 is 23.8 Å². The molecule has 0 saturated heterocycles. The molecule has 2 aromatic heterocycles. The molecular formula is C10H9N3O4. The third-order valence-corrected chi connectivity index (χ3v) is 2.30. The summed E-state index contributed by atoms with van der Waals surface area (Å²) >= 11 is 0. The number of nitrogens with one attached hydrogen (secondary N) is 1. The lowest BCUT2D eigenvalue weighted by Gasteiger charge is -2.04. The van der Waals surface area contributed by atoms with Crippen molar-refractivity contribution < 1.29 is 9.53 Å². The van der Waals surface area contributed by atoms with Gasteiger partial charge in [0.1, 0.15) is 6.54 Å². The van der Waals surface area contributed by atoms with Crippen molar-refractivity contribution in [1.82, 2.24) is 14.5 Å². The normalized spacial score (nSPS) is 10.4.